The van der Waals surface area contributed by atoms with Gasteiger partial charge in [-0.05, 0) is 49.1 Å². The predicted molar refractivity (Wildman–Crippen MR) is 135 cm³/mol. The minimum atomic E-state index is 0. The van der Waals surface area contributed by atoms with Gasteiger partial charge < -0.3 is 15.1 Å². The largest absolute Gasteiger partial charge is 0.360 e. The molecule has 30 heavy (non-hydrogen) atoms. The molecule has 7 nitrogen and oxygen atoms in total. The van der Waals surface area contributed by atoms with Crippen LogP contribution in [-0.4, -0.2) is 58.9 Å². The summed E-state index contributed by atoms with van der Waals surface area (Å²) in [6.07, 6.45) is 1.90. The van der Waals surface area contributed by atoms with E-state index in [0.29, 0.717) is 6.54 Å². The van der Waals surface area contributed by atoms with Crippen molar-refractivity contribution in [2.24, 2.45) is 4.99 Å². The molecule has 0 aliphatic carbocycles. The van der Waals surface area contributed by atoms with E-state index in [9.17, 15) is 0 Å². The summed E-state index contributed by atoms with van der Waals surface area (Å²) < 4.78 is 1.87. The minimum absolute atomic E-state index is 0. The SMILES string of the molecule is CN=C(NCc1ccc(-n2nc(C)cc2C)nc1)N1CCN(c2cccs2)CC1.I. The highest BCUT2D eigenvalue weighted by atomic mass is 127. The Morgan fingerprint density at radius 3 is 2.53 bits per heavy atom. The van der Waals surface area contributed by atoms with Crippen molar-refractivity contribution in [3.63, 3.8) is 0 Å². The van der Waals surface area contributed by atoms with Crippen LogP contribution in [0.25, 0.3) is 5.82 Å². The monoisotopic (exact) mass is 537 g/mol. The number of halogens is 1. The first-order valence-electron chi connectivity index (χ1n) is 9.86. The molecule has 0 aromatic carbocycles. The molecular weight excluding hydrogens is 509 g/mol. The minimum Gasteiger partial charge on any atom is -0.360 e. The van der Waals surface area contributed by atoms with Crippen LogP contribution in [0.5, 0.6) is 0 Å². The molecule has 4 rings (SSSR count). The zero-order valence-corrected chi connectivity index (χ0v) is 20.7. The number of guanidine groups is 1. The summed E-state index contributed by atoms with van der Waals surface area (Å²) >= 11 is 1.80. The molecular formula is C21H28IN7S. The molecule has 3 aromatic rings. The van der Waals surface area contributed by atoms with Gasteiger partial charge in [0.05, 0.1) is 10.7 Å². The predicted octanol–water partition coefficient (Wildman–Crippen LogP) is 3.46. The van der Waals surface area contributed by atoms with Crippen molar-refractivity contribution in [1.29, 1.82) is 0 Å². The summed E-state index contributed by atoms with van der Waals surface area (Å²) in [4.78, 5) is 13.8. The van der Waals surface area contributed by atoms with E-state index < -0.39 is 0 Å². The van der Waals surface area contributed by atoms with Gasteiger partial charge in [-0.1, -0.05) is 6.07 Å². The third kappa shape index (κ3) is 5.12. The van der Waals surface area contributed by atoms with E-state index in [-0.39, 0.29) is 24.0 Å². The van der Waals surface area contributed by atoms with Crippen LogP contribution in [-0.2, 0) is 6.54 Å². The number of piperazine rings is 1. The van der Waals surface area contributed by atoms with E-state index in [4.69, 9.17) is 0 Å². The summed E-state index contributed by atoms with van der Waals surface area (Å²) in [5, 5.41) is 11.5. The molecule has 160 valence electrons. The molecule has 0 bridgehead atoms. The maximum atomic E-state index is 4.58. The molecule has 1 N–H and O–H groups in total. The molecule has 0 saturated carbocycles. The number of thiophene rings is 1. The fraction of sp³-hybridized carbons (Fsp3) is 0.381. The molecule has 1 aliphatic rings. The number of aromatic nitrogens is 3. The molecule has 0 amide bonds. The zero-order chi connectivity index (χ0) is 20.2. The number of aliphatic imine (C=N–C) groups is 1. The first-order valence-corrected chi connectivity index (χ1v) is 10.7. The summed E-state index contributed by atoms with van der Waals surface area (Å²) in [5.74, 6) is 1.78. The second-order valence-corrected chi connectivity index (χ2v) is 8.12. The highest BCUT2D eigenvalue weighted by Crippen LogP contribution is 2.22. The highest BCUT2D eigenvalue weighted by molar-refractivity contribution is 14.0. The maximum Gasteiger partial charge on any atom is 0.194 e. The summed E-state index contributed by atoms with van der Waals surface area (Å²) in [6.45, 7) is 8.69. The van der Waals surface area contributed by atoms with Crippen LogP contribution >= 0.6 is 35.3 Å². The van der Waals surface area contributed by atoms with E-state index in [2.05, 4.69) is 59.8 Å². The number of rotatable bonds is 4. The third-order valence-electron chi connectivity index (χ3n) is 5.10. The molecule has 0 radical (unpaired) electrons. The molecule has 1 saturated heterocycles. The lowest BCUT2D eigenvalue weighted by atomic mass is 10.2. The van der Waals surface area contributed by atoms with Crippen LogP contribution < -0.4 is 10.2 Å². The van der Waals surface area contributed by atoms with Gasteiger partial charge in [0.15, 0.2) is 11.8 Å². The normalized spacial score (nSPS) is 14.6. The maximum absolute atomic E-state index is 4.58. The van der Waals surface area contributed by atoms with Gasteiger partial charge in [-0.15, -0.1) is 35.3 Å². The fourth-order valence-electron chi connectivity index (χ4n) is 3.61. The number of hydrogen-bond acceptors (Lipinski definition) is 5. The van der Waals surface area contributed by atoms with E-state index in [0.717, 1.165) is 54.9 Å². The van der Waals surface area contributed by atoms with Crippen molar-refractivity contribution >= 4 is 46.3 Å². The molecule has 0 spiro atoms. The number of hydrogen-bond donors (Lipinski definition) is 1. The lowest BCUT2D eigenvalue weighted by molar-refractivity contribution is 0.373. The number of nitrogens with one attached hydrogen (secondary N) is 1. The number of pyridine rings is 1. The zero-order valence-electron chi connectivity index (χ0n) is 17.6. The van der Waals surface area contributed by atoms with Crippen molar-refractivity contribution in [3.8, 4) is 5.82 Å². The van der Waals surface area contributed by atoms with Gasteiger partial charge >= 0.3 is 0 Å². The van der Waals surface area contributed by atoms with Gasteiger partial charge in [-0.3, -0.25) is 4.99 Å². The van der Waals surface area contributed by atoms with Crippen LogP contribution in [0.4, 0.5) is 5.00 Å². The summed E-state index contributed by atoms with van der Waals surface area (Å²) in [5.41, 5.74) is 3.20. The van der Waals surface area contributed by atoms with Crippen molar-refractivity contribution in [2.75, 3.05) is 38.1 Å². The van der Waals surface area contributed by atoms with Crippen LogP contribution in [0.1, 0.15) is 17.0 Å². The highest BCUT2D eigenvalue weighted by Gasteiger charge is 2.20. The van der Waals surface area contributed by atoms with Gasteiger partial charge in [0.2, 0.25) is 0 Å². The molecule has 4 heterocycles. The molecule has 3 aromatic heterocycles. The Kier molecular flexibility index (Phi) is 7.70. The lowest BCUT2D eigenvalue weighted by Gasteiger charge is -2.37. The third-order valence-corrected chi connectivity index (χ3v) is 6.02. The van der Waals surface area contributed by atoms with E-state index in [1.54, 1.807) is 11.3 Å². The van der Waals surface area contributed by atoms with E-state index in [1.165, 1.54) is 5.00 Å². The van der Waals surface area contributed by atoms with Crippen LogP contribution in [0.3, 0.4) is 0 Å². The van der Waals surface area contributed by atoms with Crippen molar-refractivity contribution in [3.05, 3.63) is 58.9 Å². The van der Waals surface area contributed by atoms with Gasteiger partial charge in [-0.2, -0.15) is 5.10 Å². The van der Waals surface area contributed by atoms with Crippen LogP contribution in [0.2, 0.25) is 0 Å². The smallest absolute Gasteiger partial charge is 0.194 e. The van der Waals surface area contributed by atoms with E-state index in [1.807, 2.05) is 37.8 Å². The fourth-order valence-corrected chi connectivity index (χ4v) is 4.39. The second-order valence-electron chi connectivity index (χ2n) is 7.19. The number of aryl methyl sites for hydroxylation is 2. The average molecular weight is 537 g/mol. The van der Waals surface area contributed by atoms with Crippen LogP contribution in [0.15, 0.2) is 46.9 Å². The van der Waals surface area contributed by atoms with Gasteiger partial charge in [0.25, 0.3) is 0 Å². The van der Waals surface area contributed by atoms with Gasteiger partial charge in [0.1, 0.15) is 0 Å². The first kappa shape index (κ1) is 22.5. The topological polar surface area (TPSA) is 61.6 Å². The molecule has 1 aliphatic heterocycles. The number of nitrogens with zero attached hydrogens (tertiary/aromatic N) is 6. The Bertz CT molecular complexity index is 958. The molecule has 1 fully saturated rings. The molecule has 9 heteroatoms. The van der Waals surface area contributed by atoms with Crippen LogP contribution in [0, 0.1) is 13.8 Å². The Morgan fingerprint density at radius 1 is 1.17 bits per heavy atom. The lowest BCUT2D eigenvalue weighted by Crippen LogP contribution is -2.52. The standard InChI is InChI=1S/C21H27N7S.HI/c1-16-13-17(2)28(25-16)19-7-6-18(14-23-19)15-24-21(22-3)27-10-8-26(9-11-27)20-5-4-12-29-20;/h4-7,12-14H,8-11,15H2,1-3H3,(H,22,24);1H. The van der Waals surface area contributed by atoms with Gasteiger partial charge in [0, 0.05) is 51.7 Å². The van der Waals surface area contributed by atoms with Crippen molar-refractivity contribution in [2.45, 2.75) is 20.4 Å². The Hall–Kier alpha value is -2.14. The van der Waals surface area contributed by atoms with Crippen molar-refractivity contribution in [1.82, 2.24) is 25.0 Å². The quantitative estimate of drug-likeness (QED) is 0.314. The second kappa shape index (κ2) is 10.3. The molecule has 0 atom stereocenters. The number of anilines is 1. The Morgan fingerprint density at radius 2 is 1.97 bits per heavy atom. The summed E-state index contributed by atoms with van der Waals surface area (Å²) in [6, 6.07) is 10.5. The Labute approximate surface area is 198 Å². The summed E-state index contributed by atoms with van der Waals surface area (Å²) in [7, 11) is 1.85. The average Bonchev–Trinajstić information content (AvgIpc) is 3.39. The van der Waals surface area contributed by atoms with Crippen molar-refractivity contribution < 1.29 is 0 Å². The van der Waals surface area contributed by atoms with E-state index >= 15 is 0 Å². The van der Waals surface area contributed by atoms with Gasteiger partial charge in [-0.25, -0.2) is 9.67 Å². The Balaban J connectivity index is 0.00000256. The first-order chi connectivity index (χ1) is 14.1. The molecule has 0 unspecified atom stereocenters.